The van der Waals surface area contributed by atoms with Crippen molar-refractivity contribution in [3.8, 4) is 0 Å². The van der Waals surface area contributed by atoms with Crippen LogP contribution in [0.15, 0.2) is 30.5 Å². The Labute approximate surface area is 163 Å². The topological polar surface area (TPSA) is 59.0 Å². The summed E-state index contributed by atoms with van der Waals surface area (Å²) in [6, 6.07) is 7.15. The fourth-order valence-corrected chi connectivity index (χ4v) is 3.35. The Bertz CT molecular complexity index is 714. The van der Waals surface area contributed by atoms with Gasteiger partial charge in [-0.25, -0.2) is 4.68 Å². The number of nitrogens with one attached hydrogen (secondary N) is 2. The van der Waals surface area contributed by atoms with Crippen molar-refractivity contribution < 1.29 is 4.79 Å². The number of nitrogens with zero attached hydrogens (tertiary/aromatic N) is 2. The molecule has 2 N–H and O–H groups in total. The summed E-state index contributed by atoms with van der Waals surface area (Å²) in [6.45, 7) is 2.55. The van der Waals surface area contributed by atoms with E-state index in [0.29, 0.717) is 34.7 Å². The van der Waals surface area contributed by atoms with Gasteiger partial charge in [-0.3, -0.25) is 4.79 Å². The van der Waals surface area contributed by atoms with Gasteiger partial charge in [-0.15, -0.1) is 12.4 Å². The van der Waals surface area contributed by atoms with E-state index in [1.165, 1.54) is 0 Å². The van der Waals surface area contributed by atoms with Gasteiger partial charge in [-0.1, -0.05) is 29.3 Å². The minimum absolute atomic E-state index is 0. The van der Waals surface area contributed by atoms with Crippen molar-refractivity contribution in [1.82, 2.24) is 15.1 Å². The predicted octanol–water partition coefficient (Wildman–Crippen LogP) is 3.99. The van der Waals surface area contributed by atoms with Crippen LogP contribution < -0.4 is 10.6 Å². The van der Waals surface area contributed by atoms with Gasteiger partial charge in [0, 0.05) is 22.5 Å². The third-order valence-corrected chi connectivity index (χ3v) is 4.85. The number of carbonyl (C=O) groups excluding carboxylic acids is 1. The number of hydrogen-bond donors (Lipinski definition) is 2. The molecule has 3 rings (SSSR count). The maximum atomic E-state index is 12.2. The zero-order valence-electron chi connectivity index (χ0n) is 13.7. The number of hydrogen-bond acceptors (Lipinski definition) is 3. The molecule has 25 heavy (non-hydrogen) atoms. The van der Waals surface area contributed by atoms with Gasteiger partial charge >= 0.3 is 0 Å². The molecule has 1 saturated heterocycles. The lowest BCUT2D eigenvalue weighted by molar-refractivity contribution is -0.116. The number of carbonyl (C=O) groups is 1. The number of benzene rings is 1. The van der Waals surface area contributed by atoms with Crippen molar-refractivity contribution in [3.05, 3.63) is 46.1 Å². The second kappa shape index (κ2) is 9.43. The minimum atomic E-state index is 0. The maximum absolute atomic E-state index is 12.2. The summed E-state index contributed by atoms with van der Waals surface area (Å²) in [7, 11) is 0. The molecule has 136 valence electrons. The van der Waals surface area contributed by atoms with E-state index < -0.39 is 0 Å². The predicted molar refractivity (Wildman–Crippen MR) is 104 cm³/mol. The summed E-state index contributed by atoms with van der Waals surface area (Å²) in [5, 5.41) is 11.7. The highest BCUT2D eigenvalue weighted by Gasteiger charge is 2.16. The highest BCUT2D eigenvalue weighted by Crippen LogP contribution is 2.23. The van der Waals surface area contributed by atoms with Gasteiger partial charge in [0.05, 0.1) is 12.7 Å². The smallest absolute Gasteiger partial charge is 0.225 e. The van der Waals surface area contributed by atoms with Gasteiger partial charge < -0.3 is 10.6 Å². The van der Waals surface area contributed by atoms with Crippen molar-refractivity contribution in [2.45, 2.75) is 25.8 Å². The summed E-state index contributed by atoms with van der Waals surface area (Å²) >= 11 is 12.1. The van der Waals surface area contributed by atoms with E-state index in [9.17, 15) is 4.79 Å². The van der Waals surface area contributed by atoms with Crippen LogP contribution in [0.2, 0.25) is 10.0 Å². The van der Waals surface area contributed by atoms with Crippen LogP contribution in [0, 0.1) is 5.92 Å². The van der Waals surface area contributed by atoms with Crippen LogP contribution in [-0.2, 0) is 11.3 Å². The Morgan fingerprint density at radius 3 is 2.92 bits per heavy atom. The van der Waals surface area contributed by atoms with E-state index in [0.717, 1.165) is 31.5 Å². The summed E-state index contributed by atoms with van der Waals surface area (Å²) < 4.78 is 1.73. The quantitative estimate of drug-likeness (QED) is 0.767. The first-order chi connectivity index (χ1) is 11.6. The van der Waals surface area contributed by atoms with Gasteiger partial charge in [0.2, 0.25) is 5.91 Å². The standard InChI is InChI=1S/C17H20Cl2N4O.ClH/c18-14-3-2-13(15(19)9-14)11-23-16(6-8-21-23)22-17(24)4-1-12-5-7-20-10-12;/h2-3,6,8-9,12,20H,1,4-5,7,10-11H2,(H,22,24);1H. The van der Waals surface area contributed by atoms with E-state index in [1.807, 2.05) is 6.07 Å². The van der Waals surface area contributed by atoms with Crippen molar-refractivity contribution in [2.75, 3.05) is 18.4 Å². The molecule has 1 aliphatic rings. The molecule has 1 aromatic carbocycles. The Kier molecular flexibility index (Phi) is 7.56. The largest absolute Gasteiger partial charge is 0.316 e. The Morgan fingerprint density at radius 2 is 2.20 bits per heavy atom. The molecule has 1 fully saturated rings. The summed E-state index contributed by atoms with van der Waals surface area (Å²) in [5.41, 5.74) is 0.900. The van der Waals surface area contributed by atoms with Gasteiger partial charge in [0.25, 0.3) is 0 Å². The number of anilines is 1. The summed E-state index contributed by atoms with van der Waals surface area (Å²) in [5.74, 6) is 1.30. The van der Waals surface area contributed by atoms with Crippen molar-refractivity contribution in [3.63, 3.8) is 0 Å². The first kappa shape index (κ1) is 20.0. The number of halogens is 3. The molecule has 8 heteroatoms. The van der Waals surface area contributed by atoms with Gasteiger partial charge in [-0.2, -0.15) is 5.10 Å². The summed E-state index contributed by atoms with van der Waals surface area (Å²) in [6.07, 6.45) is 4.26. The monoisotopic (exact) mass is 402 g/mol. The van der Waals surface area contributed by atoms with Crippen molar-refractivity contribution in [2.24, 2.45) is 5.92 Å². The lowest BCUT2D eigenvalue weighted by atomic mass is 10.0. The minimum Gasteiger partial charge on any atom is -0.316 e. The van der Waals surface area contributed by atoms with Crippen LogP contribution in [0.1, 0.15) is 24.8 Å². The molecule has 0 spiro atoms. The molecule has 2 heterocycles. The lowest BCUT2D eigenvalue weighted by Gasteiger charge is -2.11. The molecule has 1 aromatic heterocycles. The van der Waals surface area contributed by atoms with Gasteiger partial charge in [-0.05, 0) is 49.5 Å². The van der Waals surface area contributed by atoms with E-state index in [2.05, 4.69) is 15.7 Å². The van der Waals surface area contributed by atoms with E-state index in [-0.39, 0.29) is 18.3 Å². The molecule has 0 bridgehead atoms. The van der Waals surface area contributed by atoms with Crippen LogP contribution in [0.4, 0.5) is 5.82 Å². The first-order valence-corrected chi connectivity index (χ1v) is 8.84. The second-order valence-electron chi connectivity index (χ2n) is 6.06. The van der Waals surface area contributed by atoms with Gasteiger partial charge in [0.1, 0.15) is 5.82 Å². The molecule has 0 radical (unpaired) electrons. The Morgan fingerprint density at radius 1 is 1.36 bits per heavy atom. The second-order valence-corrected chi connectivity index (χ2v) is 6.90. The number of aromatic nitrogens is 2. The molecule has 1 amide bonds. The Hall–Kier alpha value is -1.27. The van der Waals surface area contributed by atoms with Crippen LogP contribution in [0.5, 0.6) is 0 Å². The molecule has 2 aromatic rings. The van der Waals surface area contributed by atoms with E-state index in [1.54, 1.807) is 29.1 Å². The summed E-state index contributed by atoms with van der Waals surface area (Å²) in [4.78, 5) is 12.2. The number of amides is 1. The third kappa shape index (κ3) is 5.61. The average molecular weight is 404 g/mol. The molecule has 1 aliphatic heterocycles. The highest BCUT2D eigenvalue weighted by atomic mass is 35.5. The molecular weight excluding hydrogens is 383 g/mol. The maximum Gasteiger partial charge on any atom is 0.225 e. The zero-order valence-corrected chi connectivity index (χ0v) is 16.0. The fraction of sp³-hybridized carbons (Fsp3) is 0.412. The van der Waals surface area contributed by atoms with Crippen molar-refractivity contribution >= 4 is 47.3 Å². The lowest BCUT2D eigenvalue weighted by Crippen LogP contribution is -2.17. The molecule has 0 saturated carbocycles. The third-order valence-electron chi connectivity index (χ3n) is 4.26. The number of rotatable bonds is 6. The molecule has 1 atom stereocenters. The van der Waals surface area contributed by atoms with E-state index in [4.69, 9.17) is 23.2 Å². The van der Waals surface area contributed by atoms with Crippen LogP contribution in [-0.4, -0.2) is 28.8 Å². The fourth-order valence-electron chi connectivity index (χ4n) is 2.88. The SMILES string of the molecule is Cl.O=C(CCC1CCNC1)Nc1ccnn1Cc1ccc(Cl)cc1Cl. The first-order valence-electron chi connectivity index (χ1n) is 8.08. The van der Waals surface area contributed by atoms with Crippen LogP contribution >= 0.6 is 35.6 Å². The Balaban J connectivity index is 0.00000225. The van der Waals surface area contributed by atoms with E-state index >= 15 is 0 Å². The molecule has 1 unspecified atom stereocenters. The highest BCUT2D eigenvalue weighted by molar-refractivity contribution is 6.35. The van der Waals surface area contributed by atoms with Gasteiger partial charge in [0.15, 0.2) is 0 Å². The molecule has 0 aliphatic carbocycles. The molecule has 5 nitrogen and oxygen atoms in total. The van der Waals surface area contributed by atoms with Crippen molar-refractivity contribution in [1.29, 1.82) is 0 Å². The zero-order chi connectivity index (χ0) is 16.9. The normalized spacial score (nSPS) is 16.5. The average Bonchev–Trinajstić information content (AvgIpc) is 3.20. The molecular formula is C17H21Cl3N4O. The van der Waals surface area contributed by atoms with Crippen LogP contribution in [0.25, 0.3) is 0 Å². The van der Waals surface area contributed by atoms with Crippen LogP contribution in [0.3, 0.4) is 0 Å².